The van der Waals surface area contributed by atoms with Crippen LogP contribution in [0.2, 0.25) is 0 Å². The lowest BCUT2D eigenvalue weighted by Crippen LogP contribution is -2.26. The summed E-state index contributed by atoms with van der Waals surface area (Å²) in [6, 6.07) is 5.47. The Morgan fingerprint density at radius 1 is 1.30 bits per heavy atom. The molecule has 0 radical (unpaired) electrons. The summed E-state index contributed by atoms with van der Waals surface area (Å²) in [6.07, 6.45) is 0.406. The Bertz CT molecular complexity index is 854. The molecule has 1 aliphatic rings. The molecule has 0 fully saturated rings. The summed E-state index contributed by atoms with van der Waals surface area (Å²) in [4.78, 5) is 12.7. The third kappa shape index (κ3) is 3.88. The molecule has 27 heavy (non-hydrogen) atoms. The summed E-state index contributed by atoms with van der Waals surface area (Å²) in [5.74, 6) is -0.0240. The van der Waals surface area contributed by atoms with Crippen molar-refractivity contribution >= 4 is 21.9 Å². The molecule has 1 aliphatic heterocycles. The number of hydrogen-bond donors (Lipinski definition) is 1. The Labute approximate surface area is 166 Å². The van der Waals surface area contributed by atoms with Gasteiger partial charge in [-0.05, 0) is 28.9 Å². The van der Waals surface area contributed by atoms with Crippen LogP contribution >= 0.6 is 15.9 Å². The van der Waals surface area contributed by atoms with Crippen molar-refractivity contribution in [3.63, 3.8) is 0 Å². The zero-order chi connectivity index (χ0) is 20.1. The van der Waals surface area contributed by atoms with Crippen LogP contribution in [0, 0.1) is 11.3 Å². The monoisotopic (exact) mass is 436 g/mol. The van der Waals surface area contributed by atoms with Crippen molar-refractivity contribution < 1.29 is 23.7 Å². The van der Waals surface area contributed by atoms with Crippen LogP contribution in [-0.4, -0.2) is 26.8 Å². The number of rotatable bonds is 6. The fraction of sp³-hybridized carbons (Fsp3) is 0.368. The number of hydrogen-bond acceptors (Lipinski definition) is 7. The van der Waals surface area contributed by atoms with Crippen LogP contribution in [0.4, 0.5) is 0 Å². The quantitative estimate of drug-likeness (QED) is 0.680. The molecule has 1 unspecified atom stereocenters. The van der Waals surface area contributed by atoms with E-state index in [1.54, 1.807) is 19.1 Å². The molecular weight excluding hydrogens is 416 g/mol. The number of ether oxygens (including phenoxy) is 4. The van der Waals surface area contributed by atoms with Gasteiger partial charge in [0, 0.05) is 18.1 Å². The van der Waals surface area contributed by atoms with Crippen molar-refractivity contribution in [2.75, 3.05) is 20.8 Å². The van der Waals surface area contributed by atoms with E-state index in [2.05, 4.69) is 22.0 Å². The highest BCUT2D eigenvalue weighted by atomic mass is 79.9. The van der Waals surface area contributed by atoms with Crippen molar-refractivity contribution in [3.05, 3.63) is 45.0 Å². The van der Waals surface area contributed by atoms with Crippen molar-refractivity contribution in [1.82, 2.24) is 0 Å². The van der Waals surface area contributed by atoms with E-state index in [0.29, 0.717) is 33.7 Å². The van der Waals surface area contributed by atoms with Crippen LogP contribution in [0.25, 0.3) is 0 Å². The highest BCUT2D eigenvalue weighted by Crippen LogP contribution is 2.46. The van der Waals surface area contributed by atoms with Gasteiger partial charge >= 0.3 is 5.97 Å². The molecule has 2 N–H and O–H groups in total. The summed E-state index contributed by atoms with van der Waals surface area (Å²) in [5, 5.41) is 9.70. The first-order valence-electron chi connectivity index (χ1n) is 8.32. The minimum atomic E-state index is -0.782. The first-order chi connectivity index (χ1) is 12.9. The Morgan fingerprint density at radius 2 is 1.96 bits per heavy atom. The summed E-state index contributed by atoms with van der Waals surface area (Å²) < 4.78 is 22.2. The standard InChI is InChI=1S/C19H21BrN2O5/c1-5-13-17(19(23)26-6-2)16(11(9-21)18(22)27-13)10-7-12(20)15(25-4)8-14(10)24-3/h7-8,16H,5-6,22H2,1-4H3. The number of methoxy groups -OCH3 is 2. The van der Waals surface area contributed by atoms with E-state index in [1.807, 2.05) is 6.92 Å². The average Bonchev–Trinajstić information content (AvgIpc) is 2.66. The van der Waals surface area contributed by atoms with E-state index in [9.17, 15) is 10.1 Å². The molecule has 1 atom stereocenters. The van der Waals surface area contributed by atoms with Crippen LogP contribution in [-0.2, 0) is 14.3 Å². The van der Waals surface area contributed by atoms with Crippen LogP contribution < -0.4 is 15.2 Å². The Balaban J connectivity index is 2.79. The summed E-state index contributed by atoms with van der Waals surface area (Å²) in [5.41, 5.74) is 6.90. The predicted molar refractivity (Wildman–Crippen MR) is 102 cm³/mol. The maximum atomic E-state index is 12.7. The minimum Gasteiger partial charge on any atom is -0.496 e. The van der Waals surface area contributed by atoms with E-state index in [4.69, 9.17) is 24.7 Å². The SMILES string of the molecule is CCOC(=O)C1=C(CC)OC(N)=C(C#N)C1c1cc(Br)c(OC)cc1OC. The molecule has 0 aromatic heterocycles. The summed E-state index contributed by atoms with van der Waals surface area (Å²) in [7, 11) is 3.03. The molecule has 1 aromatic rings. The van der Waals surface area contributed by atoms with Gasteiger partial charge in [-0.3, -0.25) is 0 Å². The fourth-order valence-corrected chi connectivity index (χ4v) is 3.46. The second-order valence-corrected chi connectivity index (χ2v) is 6.42. The van der Waals surface area contributed by atoms with Gasteiger partial charge in [-0.25, -0.2) is 4.79 Å². The van der Waals surface area contributed by atoms with Gasteiger partial charge in [0.05, 0.1) is 36.8 Å². The zero-order valence-electron chi connectivity index (χ0n) is 15.6. The van der Waals surface area contributed by atoms with E-state index in [-0.39, 0.29) is 23.6 Å². The van der Waals surface area contributed by atoms with E-state index in [0.717, 1.165) is 0 Å². The molecule has 0 spiro atoms. The molecule has 0 saturated carbocycles. The molecule has 1 aromatic carbocycles. The number of allylic oxidation sites excluding steroid dienone is 2. The molecule has 2 rings (SSSR count). The number of benzene rings is 1. The fourth-order valence-electron chi connectivity index (χ4n) is 2.93. The average molecular weight is 437 g/mol. The Kier molecular flexibility index (Phi) is 6.75. The van der Waals surface area contributed by atoms with Crippen LogP contribution in [0.1, 0.15) is 31.7 Å². The Morgan fingerprint density at radius 3 is 2.48 bits per heavy atom. The van der Waals surface area contributed by atoms with Crippen molar-refractivity contribution in [3.8, 4) is 17.6 Å². The van der Waals surface area contributed by atoms with Gasteiger partial charge < -0.3 is 24.7 Å². The molecule has 1 heterocycles. The van der Waals surface area contributed by atoms with E-state index < -0.39 is 11.9 Å². The third-order valence-corrected chi connectivity index (χ3v) is 4.75. The largest absolute Gasteiger partial charge is 0.496 e. The van der Waals surface area contributed by atoms with Gasteiger partial charge in [-0.2, -0.15) is 5.26 Å². The van der Waals surface area contributed by atoms with Gasteiger partial charge in [0.25, 0.3) is 0 Å². The van der Waals surface area contributed by atoms with Gasteiger partial charge in [0.1, 0.15) is 28.9 Å². The number of carbonyl (C=O) groups excluding carboxylic acids is 1. The molecule has 144 valence electrons. The lowest BCUT2D eigenvalue weighted by Gasteiger charge is -2.29. The highest BCUT2D eigenvalue weighted by Gasteiger charge is 2.39. The normalized spacial score (nSPS) is 16.5. The maximum absolute atomic E-state index is 12.7. The zero-order valence-corrected chi connectivity index (χ0v) is 17.2. The Hall–Kier alpha value is -2.66. The van der Waals surface area contributed by atoms with Crippen molar-refractivity contribution in [2.45, 2.75) is 26.2 Å². The van der Waals surface area contributed by atoms with E-state index in [1.165, 1.54) is 14.2 Å². The van der Waals surface area contributed by atoms with Crippen LogP contribution in [0.3, 0.4) is 0 Å². The lowest BCUT2D eigenvalue weighted by atomic mass is 9.82. The number of esters is 1. The van der Waals surface area contributed by atoms with Crippen LogP contribution in [0.5, 0.6) is 11.5 Å². The molecule has 7 nitrogen and oxygen atoms in total. The first-order valence-corrected chi connectivity index (χ1v) is 9.11. The van der Waals surface area contributed by atoms with Crippen LogP contribution in [0.15, 0.2) is 39.4 Å². The first kappa shape index (κ1) is 20.6. The van der Waals surface area contributed by atoms with Gasteiger partial charge in [0.2, 0.25) is 5.88 Å². The van der Waals surface area contributed by atoms with Gasteiger partial charge in [-0.1, -0.05) is 6.92 Å². The molecule has 8 heteroatoms. The van der Waals surface area contributed by atoms with Crippen molar-refractivity contribution in [1.29, 1.82) is 5.26 Å². The minimum absolute atomic E-state index is 0.0404. The number of nitriles is 1. The number of halogens is 1. The van der Waals surface area contributed by atoms with Gasteiger partial charge in [-0.15, -0.1) is 0 Å². The second kappa shape index (κ2) is 8.82. The summed E-state index contributed by atoms with van der Waals surface area (Å²) >= 11 is 3.44. The summed E-state index contributed by atoms with van der Waals surface area (Å²) in [6.45, 7) is 3.73. The molecule has 0 amide bonds. The topological polar surface area (TPSA) is 104 Å². The smallest absolute Gasteiger partial charge is 0.338 e. The molecule has 0 saturated heterocycles. The van der Waals surface area contributed by atoms with Crippen molar-refractivity contribution in [2.24, 2.45) is 5.73 Å². The number of carbonyl (C=O) groups is 1. The molecule has 0 bridgehead atoms. The second-order valence-electron chi connectivity index (χ2n) is 5.56. The number of nitrogens with two attached hydrogens (primary N) is 1. The predicted octanol–water partition coefficient (Wildman–Crippen LogP) is 3.50. The maximum Gasteiger partial charge on any atom is 0.338 e. The van der Waals surface area contributed by atoms with E-state index >= 15 is 0 Å². The molecular formula is C19H21BrN2O5. The highest BCUT2D eigenvalue weighted by molar-refractivity contribution is 9.10. The number of nitrogens with zero attached hydrogens (tertiary/aromatic N) is 1. The third-order valence-electron chi connectivity index (χ3n) is 4.13. The van der Waals surface area contributed by atoms with Gasteiger partial charge in [0.15, 0.2) is 0 Å². The lowest BCUT2D eigenvalue weighted by molar-refractivity contribution is -0.139. The molecule has 0 aliphatic carbocycles.